The van der Waals surface area contributed by atoms with E-state index >= 15 is 0 Å². The van der Waals surface area contributed by atoms with Crippen molar-refractivity contribution in [3.63, 3.8) is 0 Å². The first-order chi connectivity index (χ1) is 17.9. The van der Waals surface area contributed by atoms with Crippen molar-refractivity contribution in [2.45, 2.75) is 39.7 Å². The SMILES string of the molecule is CC[C@@H](C)CN(CC(=O)N1CCc2sccc2[C@@H]1COc1ccc(C)cc1)C(=O)c1cccc(OC)c1. The van der Waals surface area contributed by atoms with E-state index in [4.69, 9.17) is 9.47 Å². The van der Waals surface area contributed by atoms with Crippen LogP contribution in [0.25, 0.3) is 0 Å². The van der Waals surface area contributed by atoms with E-state index in [1.807, 2.05) is 42.2 Å². The van der Waals surface area contributed by atoms with Gasteiger partial charge in [0, 0.05) is 23.5 Å². The van der Waals surface area contributed by atoms with Crippen LogP contribution >= 0.6 is 11.3 Å². The van der Waals surface area contributed by atoms with Crippen LogP contribution in [0.15, 0.2) is 60.0 Å². The van der Waals surface area contributed by atoms with Gasteiger partial charge in [-0.05, 0) is 66.6 Å². The van der Waals surface area contributed by atoms with Crippen LogP contribution < -0.4 is 9.47 Å². The number of thiophene rings is 1. The predicted molar refractivity (Wildman–Crippen MR) is 148 cm³/mol. The van der Waals surface area contributed by atoms with Crippen LogP contribution in [-0.2, 0) is 11.2 Å². The van der Waals surface area contributed by atoms with Gasteiger partial charge in [0.15, 0.2) is 0 Å². The number of carbonyl (C=O) groups is 2. The molecule has 0 aliphatic carbocycles. The Morgan fingerprint density at radius 2 is 1.92 bits per heavy atom. The molecule has 6 nitrogen and oxygen atoms in total. The van der Waals surface area contributed by atoms with Crippen LogP contribution in [0.2, 0.25) is 0 Å². The third-order valence-electron chi connectivity index (χ3n) is 7.00. The van der Waals surface area contributed by atoms with E-state index in [0.29, 0.717) is 31.0 Å². The monoisotopic (exact) mass is 520 g/mol. The Morgan fingerprint density at radius 1 is 1.14 bits per heavy atom. The highest BCUT2D eigenvalue weighted by atomic mass is 32.1. The zero-order chi connectivity index (χ0) is 26.4. The third kappa shape index (κ3) is 6.52. The normalized spacial score (nSPS) is 15.6. The van der Waals surface area contributed by atoms with Crippen LogP contribution in [0.5, 0.6) is 11.5 Å². The van der Waals surface area contributed by atoms with Crippen LogP contribution in [-0.4, -0.2) is 55.0 Å². The molecule has 0 spiro atoms. The molecule has 0 radical (unpaired) electrons. The number of fused-ring (bicyclic) bond motifs is 1. The third-order valence-corrected chi connectivity index (χ3v) is 8.00. The van der Waals surface area contributed by atoms with E-state index in [1.165, 1.54) is 10.4 Å². The number of methoxy groups -OCH3 is 1. The second-order valence-corrected chi connectivity index (χ2v) is 10.7. The topological polar surface area (TPSA) is 59.1 Å². The lowest BCUT2D eigenvalue weighted by Gasteiger charge is -2.37. The summed E-state index contributed by atoms with van der Waals surface area (Å²) in [4.78, 5) is 32.2. The molecule has 7 heteroatoms. The lowest BCUT2D eigenvalue weighted by molar-refractivity contribution is -0.135. The summed E-state index contributed by atoms with van der Waals surface area (Å²) in [7, 11) is 1.58. The molecule has 2 amide bonds. The maximum absolute atomic E-state index is 13.8. The molecule has 4 rings (SSSR count). The van der Waals surface area contributed by atoms with Crippen molar-refractivity contribution >= 4 is 23.2 Å². The van der Waals surface area contributed by atoms with Crippen molar-refractivity contribution < 1.29 is 19.1 Å². The molecule has 0 bridgehead atoms. The van der Waals surface area contributed by atoms with E-state index in [0.717, 1.165) is 24.2 Å². The summed E-state index contributed by atoms with van der Waals surface area (Å²) < 4.78 is 11.5. The Morgan fingerprint density at radius 3 is 2.65 bits per heavy atom. The van der Waals surface area contributed by atoms with Crippen LogP contribution in [0.4, 0.5) is 0 Å². The quantitative estimate of drug-likeness (QED) is 0.341. The van der Waals surface area contributed by atoms with Crippen molar-refractivity contribution in [3.8, 4) is 11.5 Å². The highest BCUT2D eigenvalue weighted by Crippen LogP contribution is 2.34. The molecule has 0 N–H and O–H groups in total. The first-order valence-electron chi connectivity index (χ1n) is 12.9. The van der Waals surface area contributed by atoms with Crippen LogP contribution in [0, 0.1) is 12.8 Å². The molecular weight excluding hydrogens is 484 g/mol. The average Bonchev–Trinajstić information content (AvgIpc) is 3.41. The van der Waals surface area contributed by atoms with Crippen LogP contribution in [0.3, 0.4) is 0 Å². The van der Waals surface area contributed by atoms with Crippen molar-refractivity contribution in [3.05, 3.63) is 81.5 Å². The number of aryl methyl sites for hydroxylation is 1. The largest absolute Gasteiger partial charge is 0.497 e. The lowest BCUT2D eigenvalue weighted by atomic mass is 10.00. The zero-order valence-electron chi connectivity index (χ0n) is 22.1. The maximum Gasteiger partial charge on any atom is 0.254 e. The summed E-state index contributed by atoms with van der Waals surface area (Å²) >= 11 is 1.73. The molecule has 2 aromatic carbocycles. The summed E-state index contributed by atoms with van der Waals surface area (Å²) in [6, 6.07) is 17.0. The Kier molecular flexibility index (Phi) is 8.87. The van der Waals surface area contributed by atoms with Gasteiger partial charge in [-0.15, -0.1) is 11.3 Å². The number of carbonyl (C=O) groups excluding carboxylic acids is 2. The number of benzene rings is 2. The van der Waals surface area contributed by atoms with Crippen molar-refractivity contribution in [1.29, 1.82) is 0 Å². The van der Waals surface area contributed by atoms with Crippen molar-refractivity contribution in [2.75, 3.05) is 33.4 Å². The predicted octanol–water partition coefficient (Wildman–Crippen LogP) is 5.76. The average molecular weight is 521 g/mol. The molecule has 2 atom stereocenters. The number of nitrogens with zero attached hydrogens (tertiary/aromatic N) is 2. The van der Waals surface area contributed by atoms with Crippen molar-refractivity contribution in [1.82, 2.24) is 9.80 Å². The van der Waals surface area contributed by atoms with E-state index in [1.54, 1.807) is 41.5 Å². The van der Waals surface area contributed by atoms with Gasteiger partial charge in [-0.1, -0.05) is 44.0 Å². The molecule has 1 aliphatic heterocycles. The molecule has 0 unspecified atom stereocenters. The first kappa shape index (κ1) is 26.7. The summed E-state index contributed by atoms with van der Waals surface area (Å²) in [5.74, 6) is 1.46. The van der Waals surface area contributed by atoms with Gasteiger partial charge < -0.3 is 19.3 Å². The Labute approximate surface area is 223 Å². The van der Waals surface area contributed by atoms with Gasteiger partial charge in [0.1, 0.15) is 24.7 Å². The highest BCUT2D eigenvalue weighted by Gasteiger charge is 2.34. The number of hydrogen-bond donors (Lipinski definition) is 0. The van der Waals surface area contributed by atoms with Crippen molar-refractivity contribution in [2.24, 2.45) is 5.92 Å². The fourth-order valence-corrected chi connectivity index (χ4v) is 5.53. The molecule has 37 heavy (non-hydrogen) atoms. The minimum absolute atomic E-state index is 0.0287. The summed E-state index contributed by atoms with van der Waals surface area (Å²) in [6.45, 7) is 7.77. The standard InChI is InChI=1S/C30H36N2O4S/c1-5-21(2)18-31(30(34)23-7-6-8-25(17-23)35-4)19-29(33)32-15-13-28-26(14-16-37-28)27(32)20-36-24-11-9-22(3)10-12-24/h6-12,14,16-17,21,27H,5,13,15,18-20H2,1-4H3/t21-,27+/m1/s1. The van der Waals surface area contributed by atoms with Gasteiger partial charge in [-0.25, -0.2) is 0 Å². The molecule has 0 saturated heterocycles. The molecule has 196 valence electrons. The Bertz CT molecular complexity index is 1210. The molecule has 1 aliphatic rings. The van der Waals surface area contributed by atoms with Gasteiger partial charge in [0.25, 0.3) is 5.91 Å². The Balaban J connectivity index is 1.54. The number of ether oxygens (including phenoxy) is 2. The highest BCUT2D eigenvalue weighted by molar-refractivity contribution is 7.10. The molecule has 1 aromatic heterocycles. The summed E-state index contributed by atoms with van der Waals surface area (Å²) in [5, 5.41) is 2.08. The minimum atomic E-state index is -0.193. The molecule has 2 heterocycles. The minimum Gasteiger partial charge on any atom is -0.497 e. The number of amides is 2. The van der Waals surface area contributed by atoms with Crippen LogP contribution in [0.1, 0.15) is 52.7 Å². The van der Waals surface area contributed by atoms with E-state index < -0.39 is 0 Å². The zero-order valence-corrected chi connectivity index (χ0v) is 22.9. The maximum atomic E-state index is 13.8. The number of rotatable bonds is 10. The second kappa shape index (κ2) is 12.3. The second-order valence-electron chi connectivity index (χ2n) is 9.71. The fourth-order valence-electron chi connectivity index (χ4n) is 4.60. The van der Waals surface area contributed by atoms with Gasteiger partial charge in [0.2, 0.25) is 5.91 Å². The number of hydrogen-bond acceptors (Lipinski definition) is 5. The molecular formula is C30H36N2O4S. The van der Waals surface area contributed by atoms with Gasteiger partial charge in [-0.2, -0.15) is 0 Å². The van der Waals surface area contributed by atoms with E-state index in [-0.39, 0.29) is 30.3 Å². The summed E-state index contributed by atoms with van der Waals surface area (Å²) in [5.41, 5.74) is 2.84. The smallest absolute Gasteiger partial charge is 0.254 e. The van der Waals surface area contributed by atoms with E-state index in [9.17, 15) is 9.59 Å². The van der Waals surface area contributed by atoms with E-state index in [2.05, 4.69) is 25.3 Å². The Hall–Kier alpha value is -3.32. The van der Waals surface area contributed by atoms with Gasteiger partial charge in [0.05, 0.1) is 13.2 Å². The molecule has 3 aromatic rings. The fraction of sp³-hybridized carbons (Fsp3) is 0.400. The lowest BCUT2D eigenvalue weighted by Crippen LogP contribution is -2.48. The summed E-state index contributed by atoms with van der Waals surface area (Å²) in [6.07, 6.45) is 1.74. The first-order valence-corrected chi connectivity index (χ1v) is 13.8. The molecule has 0 fully saturated rings. The molecule has 0 saturated carbocycles. The van der Waals surface area contributed by atoms with Gasteiger partial charge in [-0.3, -0.25) is 9.59 Å². The van der Waals surface area contributed by atoms with Gasteiger partial charge >= 0.3 is 0 Å².